The number of benzene rings is 1. The van der Waals surface area contributed by atoms with Gasteiger partial charge in [-0.25, -0.2) is 0 Å². The summed E-state index contributed by atoms with van der Waals surface area (Å²) >= 11 is 5.98. The van der Waals surface area contributed by atoms with Crippen molar-refractivity contribution < 1.29 is 0 Å². The van der Waals surface area contributed by atoms with Crippen LogP contribution in [-0.4, -0.2) is 22.9 Å². The van der Waals surface area contributed by atoms with E-state index in [9.17, 15) is 0 Å². The summed E-state index contributed by atoms with van der Waals surface area (Å²) in [6.45, 7) is 2.09. The molecule has 1 aromatic heterocycles. The average molecular weight is 276 g/mol. The molecule has 0 bridgehead atoms. The number of piperidine rings is 1. The second kappa shape index (κ2) is 5.35. The molecular weight excluding hydrogens is 258 g/mol. The molecule has 100 valence electrons. The van der Waals surface area contributed by atoms with Crippen LogP contribution in [0.5, 0.6) is 0 Å². The van der Waals surface area contributed by atoms with Crippen molar-refractivity contribution in [2.45, 2.75) is 18.3 Å². The second-order valence-electron chi connectivity index (χ2n) is 5.20. The summed E-state index contributed by atoms with van der Waals surface area (Å²) in [5.41, 5.74) is 2.69. The van der Waals surface area contributed by atoms with Gasteiger partial charge in [-0.1, -0.05) is 23.7 Å². The summed E-state index contributed by atoms with van der Waals surface area (Å²) in [4.78, 5) is 0. The van der Waals surface area contributed by atoms with Crippen LogP contribution in [0.3, 0.4) is 0 Å². The average Bonchev–Trinajstić information content (AvgIpc) is 2.86. The third kappa shape index (κ3) is 2.67. The second-order valence-corrected chi connectivity index (χ2v) is 5.64. The van der Waals surface area contributed by atoms with Crippen molar-refractivity contribution in [1.29, 1.82) is 0 Å². The number of halogens is 1. The van der Waals surface area contributed by atoms with Crippen LogP contribution in [0.1, 0.15) is 29.4 Å². The summed E-state index contributed by atoms with van der Waals surface area (Å²) in [6.07, 6.45) is 5.29. The van der Waals surface area contributed by atoms with E-state index in [1.165, 1.54) is 11.1 Å². The first-order chi connectivity index (χ1) is 9.24. The highest BCUT2D eigenvalue weighted by molar-refractivity contribution is 6.30. The van der Waals surface area contributed by atoms with E-state index in [1.807, 2.05) is 30.1 Å². The smallest absolute Gasteiger partial charge is 0.0524 e. The standard InChI is InChI=1S/C15H18ClN3/c1-19-10-12(8-18-19)14-6-7-17-9-15(14)11-2-4-13(16)5-3-11/h2-5,8,10,14-15,17H,6-7,9H2,1H3. The van der Waals surface area contributed by atoms with Crippen LogP contribution in [0, 0.1) is 0 Å². The zero-order chi connectivity index (χ0) is 13.2. The minimum Gasteiger partial charge on any atom is -0.316 e. The van der Waals surface area contributed by atoms with Crippen LogP contribution in [0.4, 0.5) is 0 Å². The molecule has 1 aliphatic heterocycles. The third-order valence-electron chi connectivity index (χ3n) is 3.93. The zero-order valence-electron chi connectivity index (χ0n) is 11.0. The van der Waals surface area contributed by atoms with E-state index in [4.69, 9.17) is 11.6 Å². The Hall–Kier alpha value is -1.32. The lowest BCUT2D eigenvalue weighted by Crippen LogP contribution is -2.33. The molecule has 1 fully saturated rings. The Bertz CT molecular complexity index is 547. The van der Waals surface area contributed by atoms with Crippen molar-refractivity contribution in [3.05, 3.63) is 52.8 Å². The van der Waals surface area contributed by atoms with E-state index >= 15 is 0 Å². The first-order valence-corrected chi connectivity index (χ1v) is 7.06. The van der Waals surface area contributed by atoms with Gasteiger partial charge in [0.25, 0.3) is 0 Å². The van der Waals surface area contributed by atoms with Gasteiger partial charge < -0.3 is 5.32 Å². The van der Waals surface area contributed by atoms with E-state index in [-0.39, 0.29) is 0 Å². The Morgan fingerprint density at radius 2 is 2.00 bits per heavy atom. The number of nitrogens with one attached hydrogen (secondary N) is 1. The molecule has 1 saturated heterocycles. The molecule has 19 heavy (non-hydrogen) atoms. The van der Waals surface area contributed by atoms with Crippen molar-refractivity contribution >= 4 is 11.6 Å². The fraction of sp³-hybridized carbons (Fsp3) is 0.400. The fourth-order valence-corrected chi connectivity index (χ4v) is 3.08. The third-order valence-corrected chi connectivity index (χ3v) is 4.19. The zero-order valence-corrected chi connectivity index (χ0v) is 11.8. The maximum atomic E-state index is 5.98. The number of nitrogens with zero attached hydrogens (tertiary/aromatic N) is 2. The highest BCUT2D eigenvalue weighted by atomic mass is 35.5. The minimum absolute atomic E-state index is 0.496. The number of hydrogen-bond acceptors (Lipinski definition) is 2. The maximum absolute atomic E-state index is 5.98. The molecule has 0 amide bonds. The molecule has 0 spiro atoms. The predicted molar refractivity (Wildman–Crippen MR) is 77.6 cm³/mol. The topological polar surface area (TPSA) is 29.9 Å². The van der Waals surface area contributed by atoms with E-state index in [2.05, 4.69) is 28.7 Å². The lowest BCUT2D eigenvalue weighted by molar-refractivity contribution is 0.404. The van der Waals surface area contributed by atoms with E-state index in [0.29, 0.717) is 11.8 Å². The summed E-state index contributed by atoms with van der Waals surface area (Å²) in [7, 11) is 1.97. The molecule has 1 aromatic carbocycles. The summed E-state index contributed by atoms with van der Waals surface area (Å²) in [6, 6.07) is 8.24. The number of hydrogen-bond donors (Lipinski definition) is 1. The summed E-state index contributed by atoms with van der Waals surface area (Å²) in [5, 5.41) is 8.60. The van der Waals surface area contributed by atoms with Crippen LogP contribution in [0.25, 0.3) is 0 Å². The van der Waals surface area contributed by atoms with Gasteiger partial charge in [0, 0.05) is 30.7 Å². The Kier molecular flexibility index (Phi) is 3.58. The fourth-order valence-electron chi connectivity index (χ4n) is 2.95. The van der Waals surface area contributed by atoms with E-state index in [0.717, 1.165) is 24.5 Å². The molecule has 3 nitrogen and oxygen atoms in total. The molecule has 2 unspecified atom stereocenters. The normalized spacial score (nSPS) is 23.5. The van der Waals surface area contributed by atoms with Crippen molar-refractivity contribution in [3.8, 4) is 0 Å². The molecular formula is C15H18ClN3. The minimum atomic E-state index is 0.496. The number of rotatable bonds is 2. The van der Waals surface area contributed by atoms with Gasteiger partial charge in [0.15, 0.2) is 0 Å². The Morgan fingerprint density at radius 3 is 2.68 bits per heavy atom. The molecule has 2 aromatic rings. The Balaban J connectivity index is 1.90. The van der Waals surface area contributed by atoms with Gasteiger partial charge in [0.05, 0.1) is 6.20 Å². The van der Waals surface area contributed by atoms with Crippen LogP contribution in [-0.2, 0) is 7.05 Å². The quantitative estimate of drug-likeness (QED) is 0.913. The SMILES string of the molecule is Cn1cc(C2CCNCC2c2ccc(Cl)cc2)cn1. The number of aryl methyl sites for hydroxylation is 1. The van der Waals surface area contributed by atoms with Crippen molar-refractivity contribution in [1.82, 2.24) is 15.1 Å². The molecule has 0 radical (unpaired) electrons. The van der Waals surface area contributed by atoms with Crippen LogP contribution >= 0.6 is 11.6 Å². The molecule has 2 atom stereocenters. The van der Waals surface area contributed by atoms with Gasteiger partial charge in [-0.15, -0.1) is 0 Å². The first kappa shape index (κ1) is 12.7. The largest absolute Gasteiger partial charge is 0.316 e. The van der Waals surface area contributed by atoms with Crippen molar-refractivity contribution in [3.63, 3.8) is 0 Å². The van der Waals surface area contributed by atoms with Gasteiger partial charge in [0.2, 0.25) is 0 Å². The van der Waals surface area contributed by atoms with Gasteiger partial charge >= 0.3 is 0 Å². The monoisotopic (exact) mass is 275 g/mol. The highest BCUT2D eigenvalue weighted by Crippen LogP contribution is 2.37. The van der Waals surface area contributed by atoms with Crippen molar-refractivity contribution in [2.75, 3.05) is 13.1 Å². The van der Waals surface area contributed by atoms with Crippen LogP contribution in [0.15, 0.2) is 36.7 Å². The maximum Gasteiger partial charge on any atom is 0.0524 e. The number of aromatic nitrogens is 2. The van der Waals surface area contributed by atoms with Gasteiger partial charge in [0.1, 0.15) is 0 Å². The lowest BCUT2D eigenvalue weighted by Gasteiger charge is -2.32. The van der Waals surface area contributed by atoms with Gasteiger partial charge in [-0.05, 0) is 42.1 Å². The van der Waals surface area contributed by atoms with Gasteiger partial charge in [-0.3, -0.25) is 4.68 Å². The summed E-state index contributed by atoms with van der Waals surface area (Å²) < 4.78 is 1.89. The molecule has 2 heterocycles. The Labute approximate surface area is 118 Å². The lowest BCUT2D eigenvalue weighted by atomic mass is 9.78. The molecule has 0 saturated carbocycles. The summed E-state index contributed by atoms with van der Waals surface area (Å²) in [5.74, 6) is 1.03. The van der Waals surface area contributed by atoms with E-state index < -0.39 is 0 Å². The Morgan fingerprint density at radius 1 is 1.21 bits per heavy atom. The predicted octanol–water partition coefficient (Wildman–Crippen LogP) is 2.93. The molecule has 0 aliphatic carbocycles. The highest BCUT2D eigenvalue weighted by Gasteiger charge is 2.28. The van der Waals surface area contributed by atoms with Crippen LogP contribution < -0.4 is 5.32 Å². The molecule has 4 heteroatoms. The molecule has 1 aliphatic rings. The van der Waals surface area contributed by atoms with Crippen LogP contribution in [0.2, 0.25) is 5.02 Å². The molecule has 1 N–H and O–H groups in total. The van der Waals surface area contributed by atoms with Crippen molar-refractivity contribution in [2.24, 2.45) is 7.05 Å². The van der Waals surface area contributed by atoms with Gasteiger partial charge in [-0.2, -0.15) is 5.10 Å². The van der Waals surface area contributed by atoms with E-state index in [1.54, 1.807) is 0 Å². The first-order valence-electron chi connectivity index (χ1n) is 6.69. The molecule has 3 rings (SSSR count).